The van der Waals surface area contributed by atoms with E-state index in [0.717, 1.165) is 48.5 Å². The summed E-state index contributed by atoms with van der Waals surface area (Å²) in [5.74, 6) is 1.43. The Morgan fingerprint density at radius 1 is 1.16 bits per heavy atom. The average Bonchev–Trinajstić information content (AvgIpc) is 3.06. The van der Waals surface area contributed by atoms with Crippen molar-refractivity contribution in [2.24, 2.45) is 0 Å². The minimum Gasteiger partial charge on any atom is -0.342 e. The molecule has 1 aliphatic heterocycles. The zero-order chi connectivity index (χ0) is 17.2. The number of H-pyrrole nitrogens is 1. The number of carbonyl (C=O) groups is 1. The van der Waals surface area contributed by atoms with Crippen molar-refractivity contribution in [3.8, 4) is 0 Å². The van der Waals surface area contributed by atoms with Crippen molar-refractivity contribution in [1.82, 2.24) is 14.9 Å². The quantitative estimate of drug-likeness (QED) is 0.735. The van der Waals surface area contributed by atoms with Gasteiger partial charge < -0.3 is 15.2 Å². The Hall–Kier alpha value is -2.82. The topological polar surface area (TPSA) is 61.0 Å². The van der Waals surface area contributed by atoms with Gasteiger partial charge in [0.25, 0.3) is 0 Å². The third-order valence-electron chi connectivity index (χ3n) is 4.85. The van der Waals surface area contributed by atoms with Crippen molar-refractivity contribution in [3.63, 3.8) is 0 Å². The van der Waals surface area contributed by atoms with E-state index >= 15 is 0 Å². The highest BCUT2D eigenvalue weighted by atomic mass is 16.2. The highest BCUT2D eigenvalue weighted by Crippen LogP contribution is 2.28. The van der Waals surface area contributed by atoms with Crippen LogP contribution in [0.1, 0.15) is 30.1 Å². The molecule has 0 spiro atoms. The van der Waals surface area contributed by atoms with E-state index < -0.39 is 0 Å². The van der Waals surface area contributed by atoms with Crippen LogP contribution in [-0.2, 0) is 0 Å². The molecular formula is C20H22N4O. The zero-order valence-electron chi connectivity index (χ0n) is 14.3. The predicted octanol–water partition coefficient (Wildman–Crippen LogP) is 4.28. The Kier molecular flexibility index (Phi) is 4.14. The van der Waals surface area contributed by atoms with Crippen LogP contribution in [0.4, 0.5) is 10.5 Å². The van der Waals surface area contributed by atoms with Crippen LogP contribution in [0, 0.1) is 6.92 Å². The molecule has 2 amide bonds. The van der Waals surface area contributed by atoms with Gasteiger partial charge in [0, 0.05) is 24.7 Å². The molecule has 0 aliphatic carbocycles. The third-order valence-corrected chi connectivity index (χ3v) is 4.85. The molecule has 1 fully saturated rings. The summed E-state index contributed by atoms with van der Waals surface area (Å²) in [5, 5.41) is 2.96. The van der Waals surface area contributed by atoms with E-state index in [1.54, 1.807) is 0 Å². The first-order valence-electron chi connectivity index (χ1n) is 8.76. The van der Waals surface area contributed by atoms with Gasteiger partial charge in [-0.1, -0.05) is 24.3 Å². The number of nitrogens with zero attached hydrogens (tertiary/aromatic N) is 2. The summed E-state index contributed by atoms with van der Waals surface area (Å²) in [6.07, 6.45) is 1.86. The molecule has 5 nitrogen and oxygen atoms in total. The van der Waals surface area contributed by atoms with E-state index in [-0.39, 0.29) is 6.03 Å². The van der Waals surface area contributed by atoms with Crippen LogP contribution < -0.4 is 5.32 Å². The van der Waals surface area contributed by atoms with E-state index in [2.05, 4.69) is 35.4 Å². The fraction of sp³-hybridized carbons (Fsp3) is 0.300. The number of likely N-dealkylation sites (tertiary alicyclic amines) is 1. The zero-order valence-corrected chi connectivity index (χ0v) is 14.3. The Labute approximate surface area is 147 Å². The first-order valence-corrected chi connectivity index (χ1v) is 8.76. The first-order chi connectivity index (χ1) is 12.2. The monoisotopic (exact) mass is 334 g/mol. The lowest BCUT2D eigenvalue weighted by atomic mass is 9.96. The number of para-hydroxylation sites is 1. The molecule has 25 heavy (non-hydrogen) atoms. The number of piperidine rings is 1. The summed E-state index contributed by atoms with van der Waals surface area (Å²) in [4.78, 5) is 22.5. The smallest absolute Gasteiger partial charge is 0.321 e. The number of rotatable bonds is 2. The number of aromatic nitrogens is 2. The fourth-order valence-corrected chi connectivity index (χ4v) is 3.42. The maximum Gasteiger partial charge on any atom is 0.321 e. The molecule has 0 atom stereocenters. The lowest BCUT2D eigenvalue weighted by molar-refractivity contribution is 0.193. The van der Waals surface area contributed by atoms with E-state index in [1.165, 1.54) is 5.56 Å². The number of hydrogen-bond acceptors (Lipinski definition) is 2. The molecule has 0 radical (unpaired) electrons. The number of carbonyl (C=O) groups excluding carboxylic acids is 1. The fourth-order valence-electron chi connectivity index (χ4n) is 3.42. The average molecular weight is 334 g/mol. The van der Waals surface area contributed by atoms with Gasteiger partial charge in [-0.25, -0.2) is 9.78 Å². The first kappa shape index (κ1) is 15.7. The van der Waals surface area contributed by atoms with Crippen LogP contribution in [0.25, 0.3) is 11.0 Å². The predicted molar refractivity (Wildman–Crippen MR) is 99.8 cm³/mol. The highest BCUT2D eigenvalue weighted by Gasteiger charge is 2.25. The maximum absolute atomic E-state index is 12.4. The van der Waals surface area contributed by atoms with Crippen molar-refractivity contribution in [2.45, 2.75) is 25.7 Å². The minimum atomic E-state index is -0.0233. The van der Waals surface area contributed by atoms with Gasteiger partial charge in [-0.05, 0) is 49.6 Å². The van der Waals surface area contributed by atoms with Crippen LogP contribution >= 0.6 is 0 Å². The molecule has 4 rings (SSSR count). The summed E-state index contributed by atoms with van der Waals surface area (Å²) in [7, 11) is 0. The number of urea groups is 1. The molecule has 0 bridgehead atoms. The van der Waals surface area contributed by atoms with Crippen LogP contribution in [0.15, 0.2) is 48.5 Å². The standard InChI is InChI=1S/C20H22N4O/c1-14-7-8-17-18(13-14)23-19(22-17)15-9-11-24(12-10-15)20(25)21-16-5-3-2-4-6-16/h2-8,13,15H,9-12H2,1H3,(H,21,25)(H,22,23). The number of benzene rings is 2. The van der Waals surface area contributed by atoms with Gasteiger partial charge in [-0.15, -0.1) is 0 Å². The van der Waals surface area contributed by atoms with Crippen LogP contribution in [0.3, 0.4) is 0 Å². The Bertz CT molecular complexity index is 879. The minimum absolute atomic E-state index is 0.0233. The molecule has 1 saturated heterocycles. The molecule has 2 aromatic carbocycles. The molecule has 5 heteroatoms. The molecule has 0 saturated carbocycles. The van der Waals surface area contributed by atoms with Gasteiger partial charge in [0.15, 0.2) is 0 Å². The molecular weight excluding hydrogens is 312 g/mol. The van der Waals surface area contributed by atoms with Gasteiger partial charge in [0.2, 0.25) is 0 Å². The number of aromatic amines is 1. The van der Waals surface area contributed by atoms with Gasteiger partial charge >= 0.3 is 6.03 Å². The number of nitrogens with one attached hydrogen (secondary N) is 2. The number of anilines is 1. The number of aryl methyl sites for hydroxylation is 1. The van der Waals surface area contributed by atoms with Crippen molar-refractivity contribution < 1.29 is 4.79 Å². The van der Waals surface area contributed by atoms with Gasteiger partial charge in [-0.3, -0.25) is 0 Å². The summed E-state index contributed by atoms with van der Waals surface area (Å²) in [6, 6.07) is 15.9. The number of amides is 2. The van der Waals surface area contributed by atoms with E-state index in [4.69, 9.17) is 4.98 Å². The lowest BCUT2D eigenvalue weighted by Gasteiger charge is -2.31. The van der Waals surface area contributed by atoms with E-state index in [1.807, 2.05) is 35.2 Å². The molecule has 2 N–H and O–H groups in total. The molecule has 1 aromatic heterocycles. The third kappa shape index (κ3) is 3.36. The Morgan fingerprint density at radius 2 is 1.92 bits per heavy atom. The second kappa shape index (κ2) is 6.59. The number of hydrogen-bond donors (Lipinski definition) is 2. The summed E-state index contributed by atoms with van der Waals surface area (Å²) >= 11 is 0. The normalized spacial score (nSPS) is 15.5. The van der Waals surface area contributed by atoms with Crippen molar-refractivity contribution in [2.75, 3.05) is 18.4 Å². The van der Waals surface area contributed by atoms with Crippen LogP contribution in [-0.4, -0.2) is 34.0 Å². The molecule has 2 heterocycles. The summed E-state index contributed by atoms with van der Waals surface area (Å²) < 4.78 is 0. The van der Waals surface area contributed by atoms with Crippen molar-refractivity contribution in [3.05, 3.63) is 59.9 Å². The van der Waals surface area contributed by atoms with E-state index in [9.17, 15) is 4.79 Å². The molecule has 1 aliphatic rings. The Balaban J connectivity index is 1.39. The molecule has 128 valence electrons. The van der Waals surface area contributed by atoms with Crippen LogP contribution in [0.5, 0.6) is 0 Å². The summed E-state index contributed by atoms with van der Waals surface area (Å²) in [6.45, 7) is 3.59. The van der Waals surface area contributed by atoms with Crippen molar-refractivity contribution >= 4 is 22.8 Å². The van der Waals surface area contributed by atoms with Gasteiger partial charge in [0.1, 0.15) is 5.82 Å². The number of imidazole rings is 1. The lowest BCUT2D eigenvalue weighted by Crippen LogP contribution is -2.40. The van der Waals surface area contributed by atoms with E-state index in [0.29, 0.717) is 5.92 Å². The second-order valence-corrected chi connectivity index (χ2v) is 6.70. The SMILES string of the molecule is Cc1ccc2nc(C3CCN(C(=O)Nc4ccccc4)CC3)[nH]c2c1. The largest absolute Gasteiger partial charge is 0.342 e. The second-order valence-electron chi connectivity index (χ2n) is 6.70. The highest BCUT2D eigenvalue weighted by molar-refractivity contribution is 5.89. The maximum atomic E-state index is 12.4. The number of fused-ring (bicyclic) bond motifs is 1. The summed E-state index contributed by atoms with van der Waals surface area (Å²) in [5.41, 5.74) is 4.18. The molecule has 0 unspecified atom stereocenters. The van der Waals surface area contributed by atoms with Gasteiger partial charge in [0.05, 0.1) is 11.0 Å². The van der Waals surface area contributed by atoms with Gasteiger partial charge in [-0.2, -0.15) is 0 Å². The van der Waals surface area contributed by atoms with Crippen LogP contribution in [0.2, 0.25) is 0 Å². The Morgan fingerprint density at radius 3 is 2.68 bits per heavy atom. The molecule has 3 aromatic rings. The van der Waals surface area contributed by atoms with Crippen molar-refractivity contribution in [1.29, 1.82) is 0 Å².